The highest BCUT2D eigenvalue weighted by atomic mass is 35.5. The number of hydrogen-bond donors (Lipinski definition) is 1. The van der Waals surface area contributed by atoms with Crippen LogP contribution in [0.5, 0.6) is 0 Å². The molecule has 0 aliphatic carbocycles. The van der Waals surface area contributed by atoms with Gasteiger partial charge in [-0.15, -0.1) is 5.10 Å². The lowest BCUT2D eigenvalue weighted by Gasteiger charge is -1.98. The monoisotopic (exact) mass is 322 g/mol. The third kappa shape index (κ3) is 2.74. The van der Waals surface area contributed by atoms with Crippen molar-refractivity contribution < 1.29 is 4.79 Å². The van der Waals surface area contributed by atoms with Crippen molar-refractivity contribution in [2.75, 3.05) is 0 Å². The van der Waals surface area contributed by atoms with Crippen LogP contribution in [0.4, 0.5) is 0 Å². The Balaban J connectivity index is 1.87. The molecule has 0 unspecified atom stereocenters. The molecule has 0 atom stereocenters. The maximum atomic E-state index is 11.5. The predicted molar refractivity (Wildman–Crippen MR) is 82.7 cm³/mol. The molecule has 2 aromatic rings. The van der Waals surface area contributed by atoms with Crippen LogP contribution in [-0.4, -0.2) is 25.2 Å². The third-order valence-corrected chi connectivity index (χ3v) is 3.94. The molecule has 100 valence electrons. The van der Waals surface area contributed by atoms with E-state index in [1.807, 2.05) is 12.1 Å². The number of halogens is 1. The molecule has 0 bridgehead atoms. The molecule has 0 saturated carbocycles. The van der Waals surface area contributed by atoms with E-state index in [0.29, 0.717) is 19.9 Å². The number of aromatic nitrogens is 3. The van der Waals surface area contributed by atoms with Crippen molar-refractivity contribution in [2.24, 2.45) is 0 Å². The van der Waals surface area contributed by atoms with Gasteiger partial charge in [0.1, 0.15) is 10.0 Å². The average Bonchev–Trinajstić information content (AvgIpc) is 2.98. The van der Waals surface area contributed by atoms with Crippen molar-refractivity contribution in [3.63, 3.8) is 0 Å². The second-order valence-corrected chi connectivity index (χ2v) is 6.07. The van der Waals surface area contributed by atoms with Gasteiger partial charge in [0.15, 0.2) is 0 Å². The van der Waals surface area contributed by atoms with Crippen molar-refractivity contribution in [2.45, 2.75) is 0 Å². The van der Waals surface area contributed by atoms with Crippen molar-refractivity contribution >= 4 is 51.9 Å². The first kappa shape index (κ1) is 13.3. The highest BCUT2D eigenvalue weighted by molar-refractivity contribution is 8.26. The minimum atomic E-state index is -0.207. The molecular formula is C12H7ClN4OS2. The molecule has 2 heterocycles. The Hall–Kier alpha value is -1.70. The summed E-state index contributed by atoms with van der Waals surface area (Å²) >= 11 is 12.0. The number of carbonyl (C=O) groups excluding carboxylic acids is 1. The van der Waals surface area contributed by atoms with Gasteiger partial charge in [-0.25, -0.2) is 4.68 Å². The van der Waals surface area contributed by atoms with Gasteiger partial charge in [-0.1, -0.05) is 40.8 Å². The summed E-state index contributed by atoms with van der Waals surface area (Å²) in [6, 6.07) is 7.21. The van der Waals surface area contributed by atoms with Crippen LogP contribution in [0.2, 0.25) is 5.02 Å². The Morgan fingerprint density at radius 2 is 2.10 bits per heavy atom. The summed E-state index contributed by atoms with van der Waals surface area (Å²) in [5.74, 6) is -0.207. The molecule has 1 aromatic carbocycles. The molecular weight excluding hydrogens is 316 g/mol. The van der Waals surface area contributed by atoms with Gasteiger partial charge in [0.25, 0.3) is 5.91 Å². The van der Waals surface area contributed by atoms with Gasteiger partial charge in [-0.2, -0.15) is 0 Å². The van der Waals surface area contributed by atoms with Crippen molar-refractivity contribution in [1.29, 1.82) is 0 Å². The fraction of sp³-hybridized carbons (Fsp3) is 0. The van der Waals surface area contributed by atoms with Crippen LogP contribution in [-0.2, 0) is 4.79 Å². The molecule has 20 heavy (non-hydrogen) atoms. The zero-order valence-electron chi connectivity index (χ0n) is 9.91. The lowest BCUT2D eigenvalue weighted by atomic mass is 10.3. The molecule has 1 fully saturated rings. The molecule has 1 aliphatic heterocycles. The molecule has 0 radical (unpaired) electrons. The highest BCUT2D eigenvalue weighted by Crippen LogP contribution is 2.25. The molecule has 1 saturated heterocycles. The second kappa shape index (κ2) is 5.35. The molecule has 5 nitrogen and oxygen atoms in total. The van der Waals surface area contributed by atoms with Crippen LogP contribution in [0, 0.1) is 0 Å². The highest BCUT2D eigenvalue weighted by Gasteiger charge is 2.22. The van der Waals surface area contributed by atoms with Gasteiger partial charge in [0.05, 0.1) is 16.8 Å². The molecule has 1 N–H and O–H groups in total. The van der Waals surface area contributed by atoms with Gasteiger partial charge < -0.3 is 5.32 Å². The predicted octanol–water partition coefficient (Wildman–Crippen LogP) is 2.41. The Morgan fingerprint density at radius 1 is 1.35 bits per heavy atom. The van der Waals surface area contributed by atoms with E-state index in [-0.39, 0.29) is 5.91 Å². The van der Waals surface area contributed by atoms with Gasteiger partial charge in [-0.3, -0.25) is 4.79 Å². The normalized spacial score (nSPS) is 16.8. The fourth-order valence-corrected chi connectivity index (χ4v) is 2.77. The topological polar surface area (TPSA) is 59.8 Å². The molecule has 1 aromatic heterocycles. The number of hydrogen-bond acceptors (Lipinski definition) is 5. The number of amides is 1. The van der Waals surface area contributed by atoms with E-state index in [9.17, 15) is 4.79 Å². The average molecular weight is 323 g/mol. The van der Waals surface area contributed by atoms with Crippen molar-refractivity contribution in [1.82, 2.24) is 20.3 Å². The van der Waals surface area contributed by atoms with Crippen LogP contribution >= 0.6 is 35.6 Å². The zero-order valence-corrected chi connectivity index (χ0v) is 12.3. The molecule has 8 heteroatoms. The van der Waals surface area contributed by atoms with Gasteiger partial charge in [0, 0.05) is 5.02 Å². The largest absolute Gasteiger partial charge is 0.307 e. The third-order valence-electron chi connectivity index (χ3n) is 2.52. The van der Waals surface area contributed by atoms with Crippen LogP contribution in [0.3, 0.4) is 0 Å². The number of nitrogens with one attached hydrogen (secondary N) is 1. The lowest BCUT2D eigenvalue weighted by Crippen LogP contribution is -2.17. The minimum Gasteiger partial charge on any atom is -0.307 e. The van der Waals surface area contributed by atoms with E-state index < -0.39 is 0 Å². The van der Waals surface area contributed by atoms with E-state index in [1.165, 1.54) is 11.8 Å². The Bertz CT molecular complexity index is 723. The smallest absolute Gasteiger partial charge is 0.263 e. The van der Waals surface area contributed by atoms with Crippen LogP contribution in [0.1, 0.15) is 5.69 Å². The molecule has 3 rings (SSSR count). The molecule has 1 aliphatic rings. The first-order valence-electron chi connectivity index (χ1n) is 5.55. The first-order valence-corrected chi connectivity index (χ1v) is 7.15. The van der Waals surface area contributed by atoms with Crippen LogP contribution < -0.4 is 5.32 Å². The number of benzene rings is 1. The number of thiocarbonyl (C=S) groups is 1. The number of carbonyl (C=O) groups is 1. The summed E-state index contributed by atoms with van der Waals surface area (Å²) in [7, 11) is 0. The quantitative estimate of drug-likeness (QED) is 0.679. The first-order chi connectivity index (χ1) is 9.61. The van der Waals surface area contributed by atoms with Crippen LogP contribution in [0.25, 0.3) is 11.8 Å². The van der Waals surface area contributed by atoms with Gasteiger partial charge in [-0.05, 0) is 30.3 Å². The lowest BCUT2D eigenvalue weighted by molar-refractivity contribution is -0.115. The number of nitrogens with zero attached hydrogens (tertiary/aromatic N) is 3. The summed E-state index contributed by atoms with van der Waals surface area (Å²) in [5.41, 5.74) is 1.42. The van der Waals surface area contributed by atoms with E-state index in [1.54, 1.807) is 29.1 Å². The summed E-state index contributed by atoms with van der Waals surface area (Å²) in [6.45, 7) is 0. The standard InChI is InChI=1S/C12H7ClN4OS2/c13-7-1-3-9(4-2-7)17-6-8(15-16-17)5-10-11(18)14-12(19)20-10/h1-6H,(H,14,18,19)/b10-5-. The SMILES string of the molecule is O=C1NC(=S)S/C1=C\c1cn(-c2ccc(Cl)cc2)nn1. The van der Waals surface area contributed by atoms with E-state index in [0.717, 1.165) is 5.69 Å². The Morgan fingerprint density at radius 3 is 2.75 bits per heavy atom. The fourth-order valence-electron chi connectivity index (χ4n) is 1.62. The van der Waals surface area contributed by atoms with E-state index >= 15 is 0 Å². The molecule has 0 spiro atoms. The maximum Gasteiger partial charge on any atom is 0.263 e. The zero-order chi connectivity index (χ0) is 14.1. The Labute approximate surface area is 129 Å². The molecule has 1 amide bonds. The summed E-state index contributed by atoms with van der Waals surface area (Å²) in [5, 5.41) is 11.2. The summed E-state index contributed by atoms with van der Waals surface area (Å²) < 4.78 is 2.06. The summed E-state index contributed by atoms with van der Waals surface area (Å²) in [6.07, 6.45) is 3.38. The maximum absolute atomic E-state index is 11.5. The van der Waals surface area contributed by atoms with Crippen molar-refractivity contribution in [3.8, 4) is 5.69 Å². The van der Waals surface area contributed by atoms with Crippen molar-refractivity contribution in [3.05, 3.63) is 46.1 Å². The Kier molecular flexibility index (Phi) is 3.56. The van der Waals surface area contributed by atoms with E-state index in [4.69, 9.17) is 23.8 Å². The van der Waals surface area contributed by atoms with Gasteiger partial charge in [0.2, 0.25) is 0 Å². The number of rotatable bonds is 2. The minimum absolute atomic E-state index is 0.207. The summed E-state index contributed by atoms with van der Waals surface area (Å²) in [4.78, 5) is 12.1. The number of thioether (sulfide) groups is 1. The van der Waals surface area contributed by atoms with Crippen LogP contribution in [0.15, 0.2) is 35.4 Å². The van der Waals surface area contributed by atoms with Gasteiger partial charge >= 0.3 is 0 Å². The second-order valence-electron chi connectivity index (χ2n) is 3.92. The van der Waals surface area contributed by atoms with E-state index in [2.05, 4.69) is 15.6 Å².